The molecular weight excluding hydrogens is 285 g/mol. The number of hydrogen-bond acceptors (Lipinski definition) is 1. The van der Waals surface area contributed by atoms with Gasteiger partial charge in [-0.25, -0.2) is 0 Å². The number of hydrogen-bond donors (Lipinski definition) is 0. The van der Waals surface area contributed by atoms with Gasteiger partial charge in [-0.3, -0.25) is 0 Å². The molecule has 0 amide bonds. The predicted molar refractivity (Wildman–Crippen MR) is 60.0 cm³/mol. The molecule has 0 saturated carbocycles. The third kappa shape index (κ3) is 4.43. The van der Waals surface area contributed by atoms with Gasteiger partial charge in [0.2, 0.25) is 0 Å². The van der Waals surface area contributed by atoms with Crippen molar-refractivity contribution in [2.45, 2.75) is 26.1 Å². The molecule has 0 aliphatic carbocycles. The molecule has 0 atom stereocenters. The second-order valence-electron chi connectivity index (χ2n) is 3.43. The van der Waals surface area contributed by atoms with Gasteiger partial charge in [-0.15, -0.1) is 13.2 Å². The zero-order valence-corrected chi connectivity index (χ0v) is 10.4. The van der Waals surface area contributed by atoms with Crippen molar-refractivity contribution in [1.29, 1.82) is 0 Å². The van der Waals surface area contributed by atoms with Crippen molar-refractivity contribution in [3.05, 3.63) is 29.3 Å². The molecule has 0 bridgehead atoms. The Balaban J connectivity index is 2.81. The Morgan fingerprint density at radius 2 is 2.00 bits per heavy atom. The van der Waals surface area contributed by atoms with Crippen LogP contribution in [0.4, 0.5) is 13.2 Å². The van der Waals surface area contributed by atoms with E-state index in [9.17, 15) is 13.2 Å². The topological polar surface area (TPSA) is 9.23 Å². The fourth-order valence-corrected chi connectivity index (χ4v) is 1.65. The van der Waals surface area contributed by atoms with Crippen LogP contribution in [-0.2, 0) is 6.42 Å². The van der Waals surface area contributed by atoms with Gasteiger partial charge in [-0.2, -0.15) is 0 Å². The zero-order valence-electron chi connectivity index (χ0n) is 8.77. The maximum Gasteiger partial charge on any atom is 0.573 e. The van der Waals surface area contributed by atoms with E-state index in [1.54, 1.807) is 6.07 Å². The van der Waals surface area contributed by atoms with Crippen molar-refractivity contribution in [2.75, 3.05) is 5.33 Å². The van der Waals surface area contributed by atoms with Gasteiger partial charge in [0.1, 0.15) is 5.75 Å². The fraction of sp³-hybridized carbons (Fsp3) is 0.455. The Kier molecular flexibility index (Phi) is 4.65. The second kappa shape index (κ2) is 5.57. The standard InChI is InChI=1S/C11H12BrF3O/c1-8-4-5-10(16-11(13,14)15)7-9(8)3-2-6-12/h4-5,7H,2-3,6H2,1H3. The van der Waals surface area contributed by atoms with Crippen LogP contribution < -0.4 is 4.74 Å². The lowest BCUT2D eigenvalue weighted by atomic mass is 10.0. The average Bonchev–Trinajstić information content (AvgIpc) is 2.17. The number of alkyl halides is 4. The smallest absolute Gasteiger partial charge is 0.406 e. The van der Waals surface area contributed by atoms with Crippen LogP contribution in [-0.4, -0.2) is 11.7 Å². The van der Waals surface area contributed by atoms with Crippen LogP contribution in [0.2, 0.25) is 0 Å². The third-order valence-corrected chi connectivity index (χ3v) is 2.69. The van der Waals surface area contributed by atoms with Crippen molar-refractivity contribution >= 4 is 15.9 Å². The largest absolute Gasteiger partial charge is 0.573 e. The van der Waals surface area contributed by atoms with Crippen molar-refractivity contribution in [3.8, 4) is 5.75 Å². The quantitative estimate of drug-likeness (QED) is 0.756. The van der Waals surface area contributed by atoms with E-state index in [0.717, 1.165) is 29.3 Å². The highest BCUT2D eigenvalue weighted by Gasteiger charge is 2.31. The summed E-state index contributed by atoms with van der Waals surface area (Å²) in [4.78, 5) is 0. The molecule has 0 N–H and O–H groups in total. The highest BCUT2D eigenvalue weighted by atomic mass is 79.9. The summed E-state index contributed by atoms with van der Waals surface area (Å²) in [6.45, 7) is 1.88. The Morgan fingerprint density at radius 3 is 2.56 bits per heavy atom. The number of rotatable bonds is 4. The van der Waals surface area contributed by atoms with Gasteiger partial charge in [0, 0.05) is 5.33 Å². The Labute approximate surface area is 101 Å². The van der Waals surface area contributed by atoms with E-state index in [-0.39, 0.29) is 5.75 Å². The molecule has 90 valence electrons. The van der Waals surface area contributed by atoms with Gasteiger partial charge in [0.05, 0.1) is 0 Å². The third-order valence-electron chi connectivity index (χ3n) is 2.13. The first-order valence-corrected chi connectivity index (χ1v) is 5.96. The van der Waals surface area contributed by atoms with Gasteiger partial charge in [0.25, 0.3) is 0 Å². The summed E-state index contributed by atoms with van der Waals surface area (Å²) < 4.78 is 39.9. The first kappa shape index (κ1) is 13.4. The highest BCUT2D eigenvalue weighted by molar-refractivity contribution is 9.09. The van der Waals surface area contributed by atoms with Crippen LogP contribution in [0, 0.1) is 6.92 Å². The maximum absolute atomic E-state index is 12.0. The molecule has 0 heterocycles. The lowest BCUT2D eigenvalue weighted by Crippen LogP contribution is -2.17. The molecule has 0 aliphatic rings. The van der Waals surface area contributed by atoms with Crippen LogP contribution in [0.15, 0.2) is 18.2 Å². The van der Waals surface area contributed by atoms with Crippen LogP contribution in [0.1, 0.15) is 17.5 Å². The monoisotopic (exact) mass is 296 g/mol. The summed E-state index contributed by atoms with van der Waals surface area (Å²) in [6, 6.07) is 4.43. The molecule has 1 aromatic carbocycles. The van der Waals surface area contributed by atoms with E-state index in [1.807, 2.05) is 6.92 Å². The predicted octanol–water partition coefficient (Wildman–Crippen LogP) is 4.22. The normalized spacial score (nSPS) is 11.6. The van der Waals surface area contributed by atoms with Crippen LogP contribution in [0.3, 0.4) is 0 Å². The average molecular weight is 297 g/mol. The molecule has 16 heavy (non-hydrogen) atoms. The molecule has 0 saturated heterocycles. The van der Waals surface area contributed by atoms with Gasteiger partial charge >= 0.3 is 6.36 Å². The van der Waals surface area contributed by atoms with E-state index < -0.39 is 6.36 Å². The summed E-state index contributed by atoms with van der Waals surface area (Å²) in [7, 11) is 0. The summed E-state index contributed by atoms with van der Waals surface area (Å²) in [6.07, 6.45) is -3.00. The molecule has 1 rings (SSSR count). The summed E-state index contributed by atoms with van der Waals surface area (Å²) in [5, 5.41) is 0.830. The SMILES string of the molecule is Cc1ccc(OC(F)(F)F)cc1CCCBr. The van der Waals surface area contributed by atoms with E-state index in [1.165, 1.54) is 12.1 Å². The van der Waals surface area contributed by atoms with Crippen LogP contribution >= 0.6 is 15.9 Å². The maximum atomic E-state index is 12.0. The Hall–Kier alpha value is -0.710. The van der Waals surface area contributed by atoms with E-state index in [2.05, 4.69) is 20.7 Å². The van der Waals surface area contributed by atoms with Gasteiger partial charge < -0.3 is 4.74 Å². The molecule has 0 unspecified atom stereocenters. The fourth-order valence-electron chi connectivity index (χ4n) is 1.37. The van der Waals surface area contributed by atoms with Crippen molar-refractivity contribution < 1.29 is 17.9 Å². The second-order valence-corrected chi connectivity index (χ2v) is 4.22. The Bertz CT molecular complexity index is 350. The number of ether oxygens (including phenoxy) is 1. The number of benzene rings is 1. The lowest BCUT2D eigenvalue weighted by molar-refractivity contribution is -0.274. The molecular formula is C11H12BrF3O. The van der Waals surface area contributed by atoms with Crippen LogP contribution in [0.25, 0.3) is 0 Å². The number of halogens is 4. The first-order chi connectivity index (χ1) is 7.42. The van der Waals surface area contributed by atoms with Crippen molar-refractivity contribution in [2.24, 2.45) is 0 Å². The molecule has 1 aromatic rings. The van der Waals surface area contributed by atoms with Gasteiger partial charge in [-0.1, -0.05) is 22.0 Å². The molecule has 0 radical (unpaired) electrons. The van der Waals surface area contributed by atoms with Gasteiger partial charge in [-0.05, 0) is 43.0 Å². The van der Waals surface area contributed by atoms with E-state index >= 15 is 0 Å². The van der Waals surface area contributed by atoms with Crippen molar-refractivity contribution in [1.82, 2.24) is 0 Å². The van der Waals surface area contributed by atoms with Gasteiger partial charge in [0.15, 0.2) is 0 Å². The summed E-state index contributed by atoms with van der Waals surface area (Å²) in [5.74, 6) is -0.150. The molecule has 0 spiro atoms. The van der Waals surface area contributed by atoms with E-state index in [4.69, 9.17) is 0 Å². The van der Waals surface area contributed by atoms with Crippen molar-refractivity contribution in [3.63, 3.8) is 0 Å². The number of aryl methyl sites for hydroxylation is 2. The Morgan fingerprint density at radius 1 is 1.31 bits per heavy atom. The van der Waals surface area contributed by atoms with Crippen LogP contribution in [0.5, 0.6) is 5.75 Å². The molecule has 5 heteroatoms. The highest BCUT2D eigenvalue weighted by Crippen LogP contribution is 2.25. The molecule has 1 nitrogen and oxygen atoms in total. The molecule has 0 fully saturated rings. The molecule has 0 aliphatic heterocycles. The minimum Gasteiger partial charge on any atom is -0.406 e. The lowest BCUT2D eigenvalue weighted by Gasteiger charge is -2.11. The summed E-state index contributed by atoms with van der Waals surface area (Å²) in [5.41, 5.74) is 1.87. The zero-order chi connectivity index (χ0) is 12.2. The summed E-state index contributed by atoms with van der Waals surface area (Å²) >= 11 is 3.29. The first-order valence-electron chi connectivity index (χ1n) is 4.83. The van der Waals surface area contributed by atoms with E-state index in [0.29, 0.717) is 0 Å². The molecule has 0 aromatic heterocycles. The minimum absolute atomic E-state index is 0.150. The minimum atomic E-state index is -4.62.